The molecule has 2 aliphatic rings. The third-order valence-electron chi connectivity index (χ3n) is 5.72. The molecule has 3 rings (SSSR count). The number of hydrogen-bond donors (Lipinski definition) is 0. The molecule has 2 saturated heterocycles. The quantitative estimate of drug-likeness (QED) is 0.688. The van der Waals surface area contributed by atoms with Crippen LogP contribution in [0.25, 0.3) is 0 Å². The Labute approximate surface area is 161 Å². The van der Waals surface area contributed by atoms with E-state index >= 15 is 0 Å². The monoisotopic (exact) mass is 374 g/mol. The zero-order valence-electron chi connectivity index (χ0n) is 16.4. The van der Waals surface area contributed by atoms with E-state index in [0.717, 1.165) is 32.4 Å². The Morgan fingerprint density at radius 3 is 2.59 bits per heavy atom. The molecule has 0 aliphatic carbocycles. The van der Waals surface area contributed by atoms with Gasteiger partial charge in [-0.2, -0.15) is 0 Å². The fraction of sp³-hybridized carbons (Fsp3) is 0.619. The second-order valence-corrected chi connectivity index (χ2v) is 7.74. The number of likely N-dealkylation sites (tertiary alicyclic amines) is 2. The first-order valence-electron chi connectivity index (χ1n) is 9.80. The predicted octanol–water partition coefficient (Wildman–Crippen LogP) is 2.33. The first-order valence-corrected chi connectivity index (χ1v) is 9.80. The van der Waals surface area contributed by atoms with Crippen LogP contribution in [0.5, 0.6) is 5.75 Å². The lowest BCUT2D eigenvalue weighted by molar-refractivity contribution is -0.140. The summed E-state index contributed by atoms with van der Waals surface area (Å²) in [4.78, 5) is 28.9. The van der Waals surface area contributed by atoms with E-state index in [1.807, 2.05) is 40.1 Å². The van der Waals surface area contributed by atoms with Gasteiger partial charge in [-0.1, -0.05) is 18.2 Å². The minimum absolute atomic E-state index is 0.0231. The van der Waals surface area contributed by atoms with E-state index in [0.29, 0.717) is 31.9 Å². The van der Waals surface area contributed by atoms with Crippen molar-refractivity contribution in [3.63, 3.8) is 0 Å². The molecule has 2 fully saturated rings. The second-order valence-electron chi connectivity index (χ2n) is 7.74. The molecule has 27 heavy (non-hydrogen) atoms. The molecule has 1 aromatic rings. The first kappa shape index (κ1) is 19.7. The lowest BCUT2D eigenvalue weighted by Crippen LogP contribution is -2.48. The predicted molar refractivity (Wildman–Crippen MR) is 102 cm³/mol. The summed E-state index contributed by atoms with van der Waals surface area (Å²) in [6.45, 7) is 5.45. The summed E-state index contributed by atoms with van der Waals surface area (Å²) in [7, 11) is 1.68. The Bertz CT molecular complexity index is 641. The van der Waals surface area contributed by atoms with Crippen molar-refractivity contribution in [3.8, 4) is 5.75 Å². The summed E-state index contributed by atoms with van der Waals surface area (Å²) < 4.78 is 10.9. The largest absolute Gasteiger partial charge is 0.481 e. The number of para-hydroxylation sites is 1. The maximum atomic E-state index is 12.7. The summed E-state index contributed by atoms with van der Waals surface area (Å²) in [6, 6.07) is 9.43. The van der Waals surface area contributed by atoms with Crippen molar-refractivity contribution in [1.29, 1.82) is 0 Å². The third kappa shape index (κ3) is 4.80. The van der Waals surface area contributed by atoms with Gasteiger partial charge in [-0.15, -0.1) is 0 Å². The van der Waals surface area contributed by atoms with Crippen molar-refractivity contribution >= 4 is 11.8 Å². The minimum Gasteiger partial charge on any atom is -0.481 e. The van der Waals surface area contributed by atoms with E-state index in [4.69, 9.17) is 9.47 Å². The van der Waals surface area contributed by atoms with Crippen LogP contribution >= 0.6 is 0 Å². The highest BCUT2D eigenvalue weighted by Crippen LogP contribution is 2.41. The SMILES string of the molecule is COCCCN1CC2(CCN(C(=O)[C@@H](C)Oc3ccccc3)CC2)CC1=O. The molecular weight excluding hydrogens is 344 g/mol. The summed E-state index contributed by atoms with van der Waals surface area (Å²) in [5.41, 5.74) is 0.0322. The zero-order valence-corrected chi connectivity index (χ0v) is 16.4. The van der Waals surface area contributed by atoms with Gasteiger partial charge in [0.1, 0.15) is 5.75 Å². The van der Waals surface area contributed by atoms with Crippen LogP contribution in [-0.2, 0) is 14.3 Å². The van der Waals surface area contributed by atoms with E-state index in [1.54, 1.807) is 14.0 Å². The molecule has 1 aromatic carbocycles. The molecule has 2 heterocycles. The van der Waals surface area contributed by atoms with Crippen molar-refractivity contribution in [3.05, 3.63) is 30.3 Å². The van der Waals surface area contributed by atoms with Gasteiger partial charge in [0.2, 0.25) is 5.91 Å². The molecule has 2 aliphatic heterocycles. The van der Waals surface area contributed by atoms with E-state index in [2.05, 4.69) is 0 Å². The molecule has 6 nitrogen and oxygen atoms in total. The average Bonchev–Trinajstić information content (AvgIpc) is 2.98. The standard InChI is InChI=1S/C21H30N2O4/c1-17(27-18-7-4-3-5-8-18)20(25)22-12-9-21(10-13-22)15-19(24)23(16-21)11-6-14-26-2/h3-5,7-8,17H,6,9-16H2,1-2H3/t17-/m1/s1. The van der Waals surface area contributed by atoms with Crippen LogP contribution in [0.1, 0.15) is 32.6 Å². The number of nitrogens with zero attached hydrogens (tertiary/aromatic N) is 2. The molecule has 6 heteroatoms. The smallest absolute Gasteiger partial charge is 0.263 e. The number of methoxy groups -OCH3 is 1. The van der Waals surface area contributed by atoms with Crippen LogP contribution in [0.4, 0.5) is 0 Å². The molecule has 148 valence electrons. The topological polar surface area (TPSA) is 59.1 Å². The number of rotatable bonds is 7. The molecule has 0 aromatic heterocycles. The van der Waals surface area contributed by atoms with E-state index in [1.165, 1.54) is 0 Å². The number of hydrogen-bond acceptors (Lipinski definition) is 4. The Morgan fingerprint density at radius 2 is 1.93 bits per heavy atom. The van der Waals surface area contributed by atoms with Gasteiger partial charge >= 0.3 is 0 Å². The lowest BCUT2D eigenvalue weighted by Gasteiger charge is -2.39. The average molecular weight is 374 g/mol. The Morgan fingerprint density at radius 1 is 1.22 bits per heavy atom. The highest BCUT2D eigenvalue weighted by Gasteiger charge is 2.45. The van der Waals surface area contributed by atoms with Crippen LogP contribution in [0.15, 0.2) is 30.3 Å². The molecule has 0 saturated carbocycles. The first-order chi connectivity index (χ1) is 13.0. The number of amides is 2. The molecule has 1 spiro atoms. The number of carbonyl (C=O) groups excluding carboxylic acids is 2. The van der Waals surface area contributed by atoms with Gasteiger partial charge in [0.05, 0.1) is 0 Å². The maximum Gasteiger partial charge on any atom is 0.263 e. The van der Waals surface area contributed by atoms with Crippen LogP contribution in [-0.4, -0.2) is 67.6 Å². The Kier molecular flexibility index (Phi) is 6.37. The summed E-state index contributed by atoms with van der Waals surface area (Å²) in [5, 5.41) is 0. The summed E-state index contributed by atoms with van der Waals surface area (Å²) in [6.07, 6.45) is 2.74. The normalized spacial score (nSPS) is 20.1. The van der Waals surface area contributed by atoms with Crippen LogP contribution < -0.4 is 4.74 Å². The van der Waals surface area contributed by atoms with Crippen LogP contribution in [0.2, 0.25) is 0 Å². The van der Waals surface area contributed by atoms with Gasteiger partial charge in [0, 0.05) is 51.7 Å². The minimum atomic E-state index is -0.503. The molecule has 1 atom stereocenters. The van der Waals surface area contributed by atoms with E-state index in [9.17, 15) is 9.59 Å². The van der Waals surface area contributed by atoms with Crippen molar-refractivity contribution in [2.75, 3.05) is 39.9 Å². The van der Waals surface area contributed by atoms with E-state index < -0.39 is 6.10 Å². The maximum absolute atomic E-state index is 12.7. The molecule has 0 radical (unpaired) electrons. The van der Waals surface area contributed by atoms with Crippen molar-refractivity contribution < 1.29 is 19.1 Å². The van der Waals surface area contributed by atoms with Gasteiger partial charge in [-0.25, -0.2) is 0 Å². The van der Waals surface area contributed by atoms with Gasteiger partial charge in [-0.05, 0) is 38.3 Å². The molecule has 2 amide bonds. The molecular formula is C21H30N2O4. The van der Waals surface area contributed by atoms with Gasteiger partial charge in [0.15, 0.2) is 6.10 Å². The molecule has 0 unspecified atom stereocenters. The third-order valence-corrected chi connectivity index (χ3v) is 5.72. The summed E-state index contributed by atoms with van der Waals surface area (Å²) in [5.74, 6) is 0.974. The number of benzene rings is 1. The van der Waals surface area contributed by atoms with Crippen LogP contribution in [0.3, 0.4) is 0 Å². The Balaban J connectivity index is 1.49. The Hall–Kier alpha value is -2.08. The van der Waals surface area contributed by atoms with Gasteiger partial charge in [0.25, 0.3) is 5.91 Å². The van der Waals surface area contributed by atoms with Crippen molar-refractivity contribution in [2.24, 2.45) is 5.41 Å². The number of ether oxygens (including phenoxy) is 2. The number of piperidine rings is 1. The van der Waals surface area contributed by atoms with Crippen molar-refractivity contribution in [2.45, 2.75) is 38.7 Å². The summed E-state index contributed by atoms with van der Waals surface area (Å²) >= 11 is 0. The fourth-order valence-electron chi connectivity index (χ4n) is 4.13. The highest BCUT2D eigenvalue weighted by molar-refractivity contribution is 5.81. The molecule has 0 N–H and O–H groups in total. The highest BCUT2D eigenvalue weighted by atomic mass is 16.5. The second kappa shape index (κ2) is 8.74. The van der Waals surface area contributed by atoms with E-state index in [-0.39, 0.29) is 17.2 Å². The molecule has 0 bridgehead atoms. The lowest BCUT2D eigenvalue weighted by atomic mass is 9.77. The number of carbonyl (C=O) groups is 2. The van der Waals surface area contributed by atoms with Gasteiger partial charge in [-0.3, -0.25) is 9.59 Å². The zero-order chi connectivity index (χ0) is 19.3. The van der Waals surface area contributed by atoms with Crippen LogP contribution in [0, 0.1) is 5.41 Å². The fourth-order valence-corrected chi connectivity index (χ4v) is 4.13. The van der Waals surface area contributed by atoms with Gasteiger partial charge < -0.3 is 19.3 Å². The van der Waals surface area contributed by atoms with Crippen molar-refractivity contribution in [1.82, 2.24) is 9.80 Å².